The van der Waals surface area contributed by atoms with E-state index in [9.17, 15) is 105 Å². The Kier molecular flexibility index (Phi) is 11.3. The third kappa shape index (κ3) is 9.74. The molecule has 1 aromatic heterocycles. The fourth-order valence-corrected chi connectivity index (χ4v) is 6.30. The average molecular weight is 929 g/mol. The molecule has 4 aromatic carbocycles. The first-order chi connectivity index (χ1) is 27.7. The Bertz CT molecular complexity index is 2210. The molecule has 1 nitrogen and oxygen atoms in total. The zero-order chi connectivity index (χ0) is 47.3. The third-order valence-electron chi connectivity index (χ3n) is 8.87. The highest BCUT2D eigenvalue weighted by molar-refractivity contribution is 6.02. The average Bonchev–Trinajstić information content (AvgIpc) is 3.40. The molecule has 0 amide bonds. The molecule has 5 rings (SSSR count). The predicted octanol–water partition coefficient (Wildman–Crippen LogP) is 15.8. The molecular formula is C37H15F24N. The molecule has 0 aliphatic heterocycles. The van der Waals surface area contributed by atoms with Crippen molar-refractivity contribution in [3.63, 3.8) is 0 Å². The highest BCUT2D eigenvalue weighted by Gasteiger charge is 2.43. The second-order valence-electron chi connectivity index (χ2n) is 13.2. The maximum Gasteiger partial charge on any atom is 0.416 e. The van der Waals surface area contributed by atoms with Gasteiger partial charge < -0.3 is 4.57 Å². The summed E-state index contributed by atoms with van der Waals surface area (Å²) in [6.45, 7) is 0. The Labute approximate surface area is 328 Å². The third-order valence-corrected chi connectivity index (χ3v) is 8.87. The van der Waals surface area contributed by atoms with E-state index in [1.807, 2.05) is 0 Å². The highest BCUT2D eigenvalue weighted by Crippen LogP contribution is 2.53. The summed E-state index contributed by atoms with van der Waals surface area (Å²) in [4.78, 5) is 0. The smallest absolute Gasteiger partial charge is 0.343 e. The van der Waals surface area contributed by atoms with Crippen LogP contribution in [0.4, 0.5) is 105 Å². The molecule has 0 aliphatic carbocycles. The van der Waals surface area contributed by atoms with Crippen LogP contribution >= 0.6 is 0 Å². The molecule has 0 saturated carbocycles. The van der Waals surface area contributed by atoms with Crippen LogP contribution in [0, 0.1) is 0 Å². The van der Waals surface area contributed by atoms with Gasteiger partial charge in [0.1, 0.15) is 0 Å². The van der Waals surface area contributed by atoms with Gasteiger partial charge in [-0.3, -0.25) is 0 Å². The van der Waals surface area contributed by atoms with Gasteiger partial charge in [0.25, 0.3) is 0 Å². The monoisotopic (exact) mass is 929 g/mol. The van der Waals surface area contributed by atoms with Crippen LogP contribution in [0.1, 0.15) is 44.5 Å². The van der Waals surface area contributed by atoms with E-state index in [1.54, 1.807) is 0 Å². The molecule has 0 N–H and O–H groups in total. The predicted molar refractivity (Wildman–Crippen MR) is 167 cm³/mol. The molecule has 5 aromatic rings. The van der Waals surface area contributed by atoms with Crippen molar-refractivity contribution in [1.29, 1.82) is 0 Å². The lowest BCUT2D eigenvalue weighted by atomic mass is 9.87. The van der Waals surface area contributed by atoms with Crippen LogP contribution in [0.2, 0.25) is 0 Å². The Hall–Kier alpha value is -5.52. The molecule has 0 aliphatic rings. The van der Waals surface area contributed by atoms with Crippen molar-refractivity contribution < 1.29 is 105 Å². The van der Waals surface area contributed by atoms with Crippen LogP contribution in [0.5, 0.6) is 0 Å². The molecule has 0 saturated heterocycles. The number of benzene rings is 4. The minimum atomic E-state index is -5.89. The Morgan fingerprint density at radius 3 is 0.532 bits per heavy atom. The standard InChI is InChI=1S/C37H15F24N/c1-62-28(16-6-22(34(50,51)52)12-23(7-16)35(53,54)55)26(14-2-18(30(38,39)40)10-19(3-14)31(41,42)43)27(15-4-20(32(44,45)46)11-21(5-15)33(47,48)49)29(62)17-8-24(36(56,57)58)13-25(9-17)37(59,60)61/h2-13H,1H3. The van der Waals surface area contributed by atoms with Crippen LogP contribution < -0.4 is 0 Å². The first-order valence-electron chi connectivity index (χ1n) is 16.1. The fraction of sp³-hybridized carbons (Fsp3) is 0.243. The van der Waals surface area contributed by atoms with Crippen molar-refractivity contribution >= 4 is 0 Å². The van der Waals surface area contributed by atoms with Gasteiger partial charge in [0.2, 0.25) is 0 Å². The summed E-state index contributed by atoms with van der Waals surface area (Å²) >= 11 is 0. The quantitative estimate of drug-likeness (QED) is 0.158. The number of rotatable bonds is 4. The van der Waals surface area contributed by atoms with Crippen molar-refractivity contribution in [3.05, 3.63) is 117 Å². The first-order valence-corrected chi connectivity index (χ1v) is 16.1. The molecule has 0 fully saturated rings. The summed E-state index contributed by atoms with van der Waals surface area (Å²) in [7, 11) is 0.343. The van der Waals surface area contributed by atoms with Crippen molar-refractivity contribution in [3.8, 4) is 44.8 Å². The second kappa shape index (κ2) is 14.8. The van der Waals surface area contributed by atoms with Gasteiger partial charge in [-0.2, -0.15) is 105 Å². The Balaban J connectivity index is 2.24. The molecule has 0 spiro atoms. The molecule has 0 unspecified atom stereocenters. The molecule has 1 heterocycles. The Morgan fingerprint density at radius 1 is 0.242 bits per heavy atom. The number of aromatic nitrogens is 1. The van der Waals surface area contributed by atoms with E-state index in [2.05, 4.69) is 0 Å². The number of nitrogens with zero attached hydrogens (tertiary/aromatic N) is 1. The summed E-state index contributed by atoms with van der Waals surface area (Å²) in [6.07, 6.45) is -46.9. The van der Waals surface area contributed by atoms with E-state index in [0.717, 1.165) is 0 Å². The van der Waals surface area contributed by atoms with E-state index in [-0.39, 0.29) is 53.1 Å². The lowest BCUT2D eigenvalue weighted by Gasteiger charge is -2.19. The number of alkyl halides is 24. The summed E-state index contributed by atoms with van der Waals surface area (Å²) in [5, 5.41) is 0. The molecule has 0 radical (unpaired) electrons. The maximum absolute atomic E-state index is 14.2. The van der Waals surface area contributed by atoms with Crippen molar-refractivity contribution in [1.82, 2.24) is 4.57 Å². The summed E-state index contributed by atoms with van der Waals surface area (Å²) in [5.74, 6) is 0. The summed E-state index contributed by atoms with van der Waals surface area (Å²) < 4.78 is 340. The maximum atomic E-state index is 14.2. The number of hydrogen-bond donors (Lipinski definition) is 0. The topological polar surface area (TPSA) is 4.93 Å². The number of halogens is 24. The number of hydrogen-bond acceptors (Lipinski definition) is 0. The minimum absolute atomic E-state index is 0.00298. The molecule has 0 atom stereocenters. The highest BCUT2D eigenvalue weighted by atomic mass is 19.4. The summed E-state index contributed by atoms with van der Waals surface area (Å²) in [5.41, 5.74) is -32.0. The zero-order valence-electron chi connectivity index (χ0n) is 29.4. The van der Waals surface area contributed by atoms with Crippen LogP contribution in [-0.2, 0) is 56.5 Å². The van der Waals surface area contributed by atoms with Gasteiger partial charge in [-0.25, -0.2) is 0 Å². The van der Waals surface area contributed by atoms with Crippen molar-refractivity contribution in [2.75, 3.05) is 0 Å². The molecule has 62 heavy (non-hydrogen) atoms. The normalized spacial score (nSPS) is 13.9. The zero-order valence-corrected chi connectivity index (χ0v) is 29.4. The van der Waals surface area contributed by atoms with Crippen molar-refractivity contribution in [2.45, 2.75) is 49.4 Å². The lowest BCUT2D eigenvalue weighted by Crippen LogP contribution is -2.12. The lowest BCUT2D eigenvalue weighted by molar-refractivity contribution is -0.144. The largest absolute Gasteiger partial charge is 0.416 e. The molecule has 336 valence electrons. The van der Waals surface area contributed by atoms with Crippen LogP contribution in [0.15, 0.2) is 72.8 Å². The van der Waals surface area contributed by atoms with Gasteiger partial charge in [-0.15, -0.1) is 0 Å². The van der Waals surface area contributed by atoms with Crippen molar-refractivity contribution in [2.24, 2.45) is 7.05 Å². The van der Waals surface area contributed by atoms with Crippen LogP contribution in [-0.4, -0.2) is 4.57 Å². The van der Waals surface area contributed by atoms with E-state index < -0.39 is 163 Å². The van der Waals surface area contributed by atoms with Crippen LogP contribution in [0.25, 0.3) is 44.8 Å². The van der Waals surface area contributed by atoms with Gasteiger partial charge in [0.05, 0.1) is 55.9 Å². The van der Waals surface area contributed by atoms with Gasteiger partial charge in [-0.1, -0.05) is 0 Å². The minimum Gasteiger partial charge on any atom is -0.343 e. The van der Waals surface area contributed by atoms with Gasteiger partial charge in [-0.05, 0) is 95.1 Å². The van der Waals surface area contributed by atoms with Crippen LogP contribution in [0.3, 0.4) is 0 Å². The Morgan fingerprint density at radius 2 is 0.387 bits per heavy atom. The first kappa shape index (κ1) is 47.5. The van der Waals surface area contributed by atoms with Gasteiger partial charge >= 0.3 is 49.4 Å². The van der Waals surface area contributed by atoms with E-state index in [1.165, 1.54) is 0 Å². The van der Waals surface area contributed by atoms with E-state index >= 15 is 0 Å². The molecule has 25 heteroatoms. The molecular weight excluding hydrogens is 914 g/mol. The van der Waals surface area contributed by atoms with E-state index in [4.69, 9.17) is 0 Å². The molecule has 0 bridgehead atoms. The van der Waals surface area contributed by atoms with Gasteiger partial charge in [0.15, 0.2) is 0 Å². The summed E-state index contributed by atoms with van der Waals surface area (Å²) in [6, 6.07) is -4.87. The fourth-order valence-electron chi connectivity index (χ4n) is 6.30. The van der Waals surface area contributed by atoms with E-state index in [0.29, 0.717) is 7.05 Å². The second-order valence-corrected chi connectivity index (χ2v) is 13.2. The van der Waals surface area contributed by atoms with Gasteiger partial charge in [0, 0.05) is 18.2 Å². The SMILES string of the molecule is Cn1c(-c2cc(C(F)(F)F)cc(C(F)(F)F)c2)c(-c2cc(C(F)(F)F)cc(C(F)(F)F)c2)c(-c2cc(C(F)(F)F)cc(C(F)(F)F)c2)c1-c1cc(C(F)(F)F)cc(C(F)(F)F)c1.